The number of ether oxygens (including phenoxy) is 1. The Morgan fingerprint density at radius 3 is 2.62 bits per heavy atom. The molecule has 0 amide bonds. The summed E-state index contributed by atoms with van der Waals surface area (Å²) in [5.74, 6) is -0.439. The summed E-state index contributed by atoms with van der Waals surface area (Å²) in [4.78, 5) is 13.2. The lowest BCUT2D eigenvalue weighted by atomic mass is 10.3. The standard InChI is InChI=1S/C13H15NO2/c1-4-10-16-13(15)11(2)14(3)12-8-6-5-7-9-12/h4-9H,1-2,10H2,3H3. The maximum Gasteiger partial charge on any atom is 0.354 e. The van der Waals surface area contributed by atoms with Gasteiger partial charge in [0.15, 0.2) is 0 Å². The van der Waals surface area contributed by atoms with Crippen LogP contribution >= 0.6 is 0 Å². The Labute approximate surface area is 95.6 Å². The molecule has 1 aromatic rings. The highest BCUT2D eigenvalue weighted by Gasteiger charge is 2.13. The van der Waals surface area contributed by atoms with Crippen LogP contribution in [0.15, 0.2) is 55.3 Å². The van der Waals surface area contributed by atoms with Crippen LogP contribution in [0.2, 0.25) is 0 Å². The summed E-state index contributed by atoms with van der Waals surface area (Å²) < 4.78 is 4.90. The molecule has 0 atom stereocenters. The third kappa shape index (κ3) is 2.98. The van der Waals surface area contributed by atoms with Crippen molar-refractivity contribution in [3.63, 3.8) is 0 Å². The van der Waals surface area contributed by atoms with Gasteiger partial charge >= 0.3 is 5.97 Å². The van der Waals surface area contributed by atoms with Crippen molar-refractivity contribution in [1.82, 2.24) is 0 Å². The fraction of sp³-hybridized carbons (Fsp3) is 0.154. The monoisotopic (exact) mass is 217 g/mol. The molecule has 0 spiro atoms. The van der Waals surface area contributed by atoms with Crippen molar-refractivity contribution < 1.29 is 9.53 Å². The van der Waals surface area contributed by atoms with Crippen LogP contribution in [-0.4, -0.2) is 19.6 Å². The SMILES string of the molecule is C=CCOC(=O)C(=C)N(C)c1ccccc1. The van der Waals surface area contributed by atoms with Gasteiger partial charge in [0.2, 0.25) is 0 Å². The Hall–Kier alpha value is -2.03. The van der Waals surface area contributed by atoms with Crippen LogP contribution in [0.3, 0.4) is 0 Å². The van der Waals surface area contributed by atoms with Gasteiger partial charge in [0.1, 0.15) is 12.3 Å². The van der Waals surface area contributed by atoms with E-state index in [1.54, 1.807) is 11.9 Å². The maximum absolute atomic E-state index is 11.5. The molecule has 0 N–H and O–H groups in total. The summed E-state index contributed by atoms with van der Waals surface area (Å²) in [6, 6.07) is 9.50. The predicted octanol–water partition coefficient (Wildman–Crippen LogP) is 2.37. The van der Waals surface area contributed by atoms with Crippen molar-refractivity contribution in [2.75, 3.05) is 18.6 Å². The molecule has 0 aromatic heterocycles. The highest BCUT2D eigenvalue weighted by Crippen LogP contribution is 2.15. The lowest BCUT2D eigenvalue weighted by molar-refractivity contribution is -0.137. The van der Waals surface area contributed by atoms with Crippen molar-refractivity contribution >= 4 is 11.7 Å². The minimum absolute atomic E-state index is 0.195. The fourth-order valence-corrected chi connectivity index (χ4v) is 1.16. The van der Waals surface area contributed by atoms with Crippen molar-refractivity contribution in [3.8, 4) is 0 Å². The highest BCUT2D eigenvalue weighted by atomic mass is 16.5. The molecular weight excluding hydrogens is 202 g/mol. The Morgan fingerprint density at radius 2 is 2.06 bits per heavy atom. The number of esters is 1. The van der Waals surface area contributed by atoms with Crippen LogP contribution in [0.4, 0.5) is 5.69 Å². The van der Waals surface area contributed by atoms with E-state index >= 15 is 0 Å². The lowest BCUT2D eigenvalue weighted by Crippen LogP contribution is -2.23. The molecule has 16 heavy (non-hydrogen) atoms. The molecule has 1 aromatic carbocycles. The van der Waals surface area contributed by atoms with Gasteiger partial charge in [-0.25, -0.2) is 4.79 Å². The van der Waals surface area contributed by atoms with Crippen LogP contribution in [0.25, 0.3) is 0 Å². The summed E-state index contributed by atoms with van der Waals surface area (Å²) >= 11 is 0. The summed E-state index contributed by atoms with van der Waals surface area (Å²) in [7, 11) is 1.77. The predicted molar refractivity (Wildman–Crippen MR) is 65.1 cm³/mol. The molecule has 0 bridgehead atoms. The van der Waals surface area contributed by atoms with Gasteiger partial charge in [0.25, 0.3) is 0 Å². The second kappa shape index (κ2) is 5.75. The minimum atomic E-state index is -0.439. The normalized spacial score (nSPS) is 9.31. The number of likely N-dealkylation sites (N-methyl/N-ethyl adjacent to an activating group) is 1. The molecule has 0 aliphatic carbocycles. The second-order valence-electron chi connectivity index (χ2n) is 3.23. The first kappa shape index (κ1) is 12.0. The first-order chi connectivity index (χ1) is 7.66. The van der Waals surface area contributed by atoms with Crippen molar-refractivity contribution in [2.45, 2.75) is 0 Å². The Kier molecular flexibility index (Phi) is 4.33. The number of carbonyl (C=O) groups excluding carboxylic acids is 1. The van der Waals surface area contributed by atoms with Gasteiger partial charge in [-0.3, -0.25) is 0 Å². The molecule has 0 radical (unpaired) electrons. The average molecular weight is 217 g/mol. The number of rotatable bonds is 5. The van der Waals surface area contributed by atoms with E-state index in [1.165, 1.54) is 6.08 Å². The van der Waals surface area contributed by atoms with Gasteiger partial charge in [-0.2, -0.15) is 0 Å². The smallest absolute Gasteiger partial charge is 0.354 e. The first-order valence-corrected chi connectivity index (χ1v) is 4.92. The Morgan fingerprint density at radius 1 is 1.44 bits per heavy atom. The summed E-state index contributed by atoms with van der Waals surface area (Å²) in [6.45, 7) is 7.37. The molecule has 0 saturated heterocycles. The van der Waals surface area contributed by atoms with Crippen molar-refractivity contribution in [2.24, 2.45) is 0 Å². The van der Waals surface area contributed by atoms with E-state index in [1.807, 2.05) is 30.3 Å². The molecule has 0 fully saturated rings. The molecule has 3 nitrogen and oxygen atoms in total. The zero-order chi connectivity index (χ0) is 12.0. The molecule has 0 heterocycles. The summed E-state index contributed by atoms with van der Waals surface area (Å²) in [5, 5.41) is 0. The number of hydrogen-bond donors (Lipinski definition) is 0. The lowest BCUT2D eigenvalue weighted by Gasteiger charge is -2.20. The van der Waals surface area contributed by atoms with Gasteiger partial charge in [-0.15, -0.1) is 0 Å². The van der Waals surface area contributed by atoms with Crippen LogP contribution in [0.1, 0.15) is 0 Å². The van der Waals surface area contributed by atoms with E-state index in [4.69, 9.17) is 4.74 Å². The van der Waals surface area contributed by atoms with Gasteiger partial charge in [0.05, 0.1) is 0 Å². The topological polar surface area (TPSA) is 29.5 Å². The van der Waals surface area contributed by atoms with E-state index in [-0.39, 0.29) is 6.61 Å². The number of hydrogen-bond acceptors (Lipinski definition) is 3. The molecule has 0 aliphatic heterocycles. The Bertz CT molecular complexity index is 384. The van der Waals surface area contributed by atoms with Crippen molar-refractivity contribution in [1.29, 1.82) is 0 Å². The molecule has 3 heteroatoms. The number of para-hydroxylation sites is 1. The third-order valence-electron chi connectivity index (χ3n) is 2.12. The van der Waals surface area contributed by atoms with Crippen LogP contribution in [-0.2, 0) is 9.53 Å². The molecule has 0 unspecified atom stereocenters. The van der Waals surface area contributed by atoms with Gasteiger partial charge in [-0.1, -0.05) is 37.4 Å². The van der Waals surface area contributed by atoms with Gasteiger partial charge < -0.3 is 9.64 Å². The van der Waals surface area contributed by atoms with Crippen molar-refractivity contribution in [3.05, 3.63) is 55.3 Å². The van der Waals surface area contributed by atoms with Crippen LogP contribution in [0.5, 0.6) is 0 Å². The highest BCUT2D eigenvalue weighted by molar-refractivity contribution is 5.91. The summed E-state index contributed by atoms with van der Waals surface area (Å²) in [5.41, 5.74) is 1.19. The van der Waals surface area contributed by atoms with E-state index in [9.17, 15) is 4.79 Å². The Balaban J connectivity index is 2.67. The van der Waals surface area contributed by atoms with Crippen LogP contribution < -0.4 is 4.90 Å². The maximum atomic E-state index is 11.5. The average Bonchev–Trinajstić information content (AvgIpc) is 2.35. The third-order valence-corrected chi connectivity index (χ3v) is 2.12. The van der Waals surface area contributed by atoms with Gasteiger partial charge in [0, 0.05) is 12.7 Å². The number of benzene rings is 1. The quantitative estimate of drug-likeness (QED) is 0.431. The largest absolute Gasteiger partial charge is 0.457 e. The summed E-state index contributed by atoms with van der Waals surface area (Å²) in [6.07, 6.45) is 1.52. The molecule has 0 saturated carbocycles. The molecule has 0 aliphatic rings. The first-order valence-electron chi connectivity index (χ1n) is 4.92. The number of anilines is 1. The second-order valence-corrected chi connectivity index (χ2v) is 3.23. The van der Waals surface area contributed by atoms with Crippen LogP contribution in [0, 0.1) is 0 Å². The fourth-order valence-electron chi connectivity index (χ4n) is 1.16. The van der Waals surface area contributed by atoms with Gasteiger partial charge in [-0.05, 0) is 12.1 Å². The number of nitrogens with zero attached hydrogens (tertiary/aromatic N) is 1. The zero-order valence-corrected chi connectivity index (χ0v) is 9.35. The minimum Gasteiger partial charge on any atom is -0.457 e. The number of carbonyl (C=O) groups is 1. The van der Waals surface area contributed by atoms with E-state index < -0.39 is 5.97 Å². The van der Waals surface area contributed by atoms with E-state index in [0.29, 0.717) is 5.70 Å². The van der Waals surface area contributed by atoms with E-state index in [0.717, 1.165) is 5.69 Å². The molecule has 84 valence electrons. The molecule has 1 rings (SSSR count). The molecular formula is C13H15NO2. The zero-order valence-electron chi connectivity index (χ0n) is 9.35. The van der Waals surface area contributed by atoms with E-state index in [2.05, 4.69) is 13.2 Å².